The van der Waals surface area contributed by atoms with Crippen molar-refractivity contribution in [2.45, 2.75) is 18.9 Å². The van der Waals surface area contributed by atoms with Crippen LogP contribution in [0.25, 0.3) is 0 Å². The SMILES string of the molecule is Cn1nccc1CCC(N)c1cccc(Br)c1F. The summed E-state index contributed by atoms with van der Waals surface area (Å²) in [5.41, 5.74) is 7.69. The van der Waals surface area contributed by atoms with Gasteiger partial charge in [0.2, 0.25) is 0 Å². The van der Waals surface area contributed by atoms with Gasteiger partial charge >= 0.3 is 0 Å². The molecule has 0 spiro atoms. The first-order valence-corrected chi connectivity index (χ1v) is 6.55. The van der Waals surface area contributed by atoms with E-state index in [-0.39, 0.29) is 11.9 Å². The van der Waals surface area contributed by atoms with E-state index < -0.39 is 0 Å². The zero-order valence-corrected chi connectivity index (χ0v) is 11.7. The average molecular weight is 312 g/mol. The molecule has 5 heteroatoms. The maximum absolute atomic E-state index is 13.9. The molecule has 3 nitrogen and oxygen atoms in total. The van der Waals surface area contributed by atoms with E-state index in [1.165, 1.54) is 0 Å². The van der Waals surface area contributed by atoms with E-state index in [4.69, 9.17) is 5.73 Å². The largest absolute Gasteiger partial charge is 0.324 e. The van der Waals surface area contributed by atoms with Gasteiger partial charge in [0.25, 0.3) is 0 Å². The first kappa shape index (κ1) is 13.2. The molecule has 0 radical (unpaired) electrons. The third-order valence-corrected chi connectivity index (χ3v) is 3.63. The number of aryl methyl sites for hydroxylation is 2. The fourth-order valence-electron chi connectivity index (χ4n) is 1.91. The minimum absolute atomic E-state index is 0.269. The molecule has 0 bridgehead atoms. The van der Waals surface area contributed by atoms with Gasteiger partial charge in [-0.3, -0.25) is 4.68 Å². The Morgan fingerprint density at radius 3 is 2.89 bits per heavy atom. The minimum Gasteiger partial charge on any atom is -0.324 e. The van der Waals surface area contributed by atoms with E-state index in [2.05, 4.69) is 21.0 Å². The molecule has 0 fully saturated rings. The van der Waals surface area contributed by atoms with Crippen molar-refractivity contribution in [1.82, 2.24) is 9.78 Å². The molecule has 96 valence electrons. The molecule has 2 N–H and O–H groups in total. The average Bonchev–Trinajstić information content (AvgIpc) is 2.75. The Hall–Kier alpha value is -1.20. The fourth-order valence-corrected chi connectivity index (χ4v) is 2.29. The number of halogens is 2. The predicted molar refractivity (Wildman–Crippen MR) is 72.6 cm³/mol. The highest BCUT2D eigenvalue weighted by atomic mass is 79.9. The van der Waals surface area contributed by atoms with Crippen molar-refractivity contribution < 1.29 is 4.39 Å². The predicted octanol–water partition coefficient (Wildman–Crippen LogP) is 2.95. The van der Waals surface area contributed by atoms with Crippen LogP contribution in [0.5, 0.6) is 0 Å². The molecule has 1 aromatic heterocycles. The quantitative estimate of drug-likeness (QED) is 0.943. The van der Waals surface area contributed by atoms with Crippen molar-refractivity contribution in [2.24, 2.45) is 12.8 Å². The summed E-state index contributed by atoms with van der Waals surface area (Å²) < 4.78 is 16.1. The van der Waals surface area contributed by atoms with Gasteiger partial charge in [-0.25, -0.2) is 4.39 Å². The summed E-state index contributed by atoms with van der Waals surface area (Å²) in [6.45, 7) is 0. The fraction of sp³-hybridized carbons (Fsp3) is 0.308. The third kappa shape index (κ3) is 2.79. The summed E-state index contributed by atoms with van der Waals surface area (Å²) >= 11 is 3.17. The number of nitrogens with zero attached hydrogens (tertiary/aromatic N) is 2. The van der Waals surface area contributed by atoms with Crippen molar-refractivity contribution in [3.8, 4) is 0 Å². The van der Waals surface area contributed by atoms with Gasteiger partial charge in [-0.2, -0.15) is 5.10 Å². The first-order valence-electron chi connectivity index (χ1n) is 5.76. The van der Waals surface area contributed by atoms with Crippen molar-refractivity contribution in [2.75, 3.05) is 0 Å². The maximum atomic E-state index is 13.9. The molecule has 2 aromatic rings. The second-order valence-electron chi connectivity index (χ2n) is 4.23. The summed E-state index contributed by atoms with van der Waals surface area (Å²) in [5.74, 6) is -0.269. The van der Waals surface area contributed by atoms with E-state index in [1.54, 1.807) is 24.4 Å². The van der Waals surface area contributed by atoms with Gasteiger partial charge in [0.05, 0.1) is 4.47 Å². The number of benzene rings is 1. The monoisotopic (exact) mass is 311 g/mol. The second kappa shape index (κ2) is 5.63. The topological polar surface area (TPSA) is 43.8 Å². The highest BCUT2D eigenvalue weighted by Gasteiger charge is 2.14. The zero-order chi connectivity index (χ0) is 13.1. The Kier molecular flexibility index (Phi) is 4.14. The normalized spacial score (nSPS) is 12.7. The van der Waals surface area contributed by atoms with E-state index in [0.29, 0.717) is 16.5 Å². The first-order chi connectivity index (χ1) is 8.59. The Labute approximate surface area is 114 Å². The van der Waals surface area contributed by atoms with Crippen LogP contribution >= 0.6 is 15.9 Å². The van der Waals surface area contributed by atoms with Crippen LogP contribution < -0.4 is 5.73 Å². The van der Waals surface area contributed by atoms with E-state index in [9.17, 15) is 4.39 Å². The molecule has 1 aromatic carbocycles. The number of aromatic nitrogens is 2. The minimum atomic E-state index is -0.308. The van der Waals surface area contributed by atoms with Gasteiger partial charge in [0.1, 0.15) is 5.82 Å². The van der Waals surface area contributed by atoms with Crippen LogP contribution in [-0.4, -0.2) is 9.78 Å². The van der Waals surface area contributed by atoms with Crippen molar-refractivity contribution >= 4 is 15.9 Å². The van der Waals surface area contributed by atoms with Gasteiger partial charge < -0.3 is 5.73 Å². The molecular formula is C13H15BrFN3. The number of nitrogens with two attached hydrogens (primary N) is 1. The molecule has 0 saturated heterocycles. The lowest BCUT2D eigenvalue weighted by atomic mass is 10.0. The standard InChI is InChI=1S/C13H15BrFN3/c1-18-9(7-8-17-18)5-6-12(16)10-3-2-4-11(14)13(10)15/h2-4,7-8,12H,5-6,16H2,1H3. The van der Waals surface area contributed by atoms with Gasteiger partial charge in [-0.05, 0) is 40.9 Å². The van der Waals surface area contributed by atoms with E-state index in [1.807, 2.05) is 17.8 Å². The molecule has 1 atom stereocenters. The summed E-state index contributed by atoms with van der Waals surface area (Å²) in [6.07, 6.45) is 3.22. The summed E-state index contributed by atoms with van der Waals surface area (Å²) in [4.78, 5) is 0. The van der Waals surface area contributed by atoms with Crippen LogP contribution in [0.15, 0.2) is 34.9 Å². The van der Waals surface area contributed by atoms with Crippen molar-refractivity contribution in [1.29, 1.82) is 0 Å². The van der Waals surface area contributed by atoms with E-state index >= 15 is 0 Å². The van der Waals surface area contributed by atoms with Crippen LogP contribution in [-0.2, 0) is 13.5 Å². The Bertz CT molecular complexity index is 539. The lowest BCUT2D eigenvalue weighted by Gasteiger charge is -2.13. The molecule has 18 heavy (non-hydrogen) atoms. The van der Waals surface area contributed by atoms with Crippen LogP contribution in [0, 0.1) is 5.82 Å². The van der Waals surface area contributed by atoms with Crippen LogP contribution in [0.1, 0.15) is 23.7 Å². The third-order valence-electron chi connectivity index (χ3n) is 3.01. The smallest absolute Gasteiger partial charge is 0.142 e. The Morgan fingerprint density at radius 2 is 2.22 bits per heavy atom. The number of hydrogen-bond donors (Lipinski definition) is 1. The molecule has 0 aliphatic heterocycles. The second-order valence-corrected chi connectivity index (χ2v) is 5.09. The van der Waals surface area contributed by atoms with Crippen LogP contribution in [0.2, 0.25) is 0 Å². The van der Waals surface area contributed by atoms with Crippen molar-refractivity contribution in [3.05, 3.63) is 52.0 Å². The highest BCUT2D eigenvalue weighted by molar-refractivity contribution is 9.10. The van der Waals surface area contributed by atoms with Gasteiger partial charge in [0, 0.05) is 30.5 Å². The molecule has 0 saturated carbocycles. The lowest BCUT2D eigenvalue weighted by Crippen LogP contribution is -2.14. The summed E-state index contributed by atoms with van der Waals surface area (Å²) in [7, 11) is 1.89. The van der Waals surface area contributed by atoms with Crippen LogP contribution in [0.3, 0.4) is 0 Å². The Morgan fingerprint density at radius 1 is 1.44 bits per heavy atom. The summed E-state index contributed by atoms with van der Waals surface area (Å²) in [5, 5.41) is 4.09. The van der Waals surface area contributed by atoms with Crippen LogP contribution in [0.4, 0.5) is 4.39 Å². The molecule has 0 amide bonds. The molecule has 0 aliphatic carbocycles. The Balaban J connectivity index is 2.06. The van der Waals surface area contributed by atoms with Crippen molar-refractivity contribution in [3.63, 3.8) is 0 Å². The molecule has 0 aliphatic rings. The molecule has 1 unspecified atom stereocenters. The molecular weight excluding hydrogens is 297 g/mol. The number of hydrogen-bond acceptors (Lipinski definition) is 2. The molecule has 2 rings (SSSR count). The molecule has 1 heterocycles. The lowest BCUT2D eigenvalue weighted by molar-refractivity contribution is 0.551. The van der Waals surface area contributed by atoms with Gasteiger partial charge in [-0.1, -0.05) is 12.1 Å². The highest BCUT2D eigenvalue weighted by Crippen LogP contribution is 2.25. The van der Waals surface area contributed by atoms with E-state index in [0.717, 1.165) is 12.1 Å². The van der Waals surface area contributed by atoms with Gasteiger partial charge in [-0.15, -0.1) is 0 Å². The van der Waals surface area contributed by atoms with Gasteiger partial charge in [0.15, 0.2) is 0 Å². The summed E-state index contributed by atoms with van der Waals surface area (Å²) in [6, 6.07) is 6.84. The maximum Gasteiger partial charge on any atom is 0.142 e. The number of rotatable bonds is 4. The zero-order valence-electron chi connectivity index (χ0n) is 10.1.